The molecule has 1 aromatic heterocycles. The summed E-state index contributed by atoms with van der Waals surface area (Å²) in [5.74, 6) is -1.34. The molecule has 5 aromatic rings. The van der Waals surface area contributed by atoms with E-state index in [1.165, 1.54) is 24.9 Å². The second-order valence-corrected chi connectivity index (χ2v) is 22.9. The molecule has 78 heavy (non-hydrogen) atoms. The maximum atomic E-state index is 15.9. The Hall–Kier alpha value is -5.97. The Morgan fingerprint density at radius 1 is 0.821 bits per heavy atom. The van der Waals surface area contributed by atoms with Gasteiger partial charge in [0.25, 0.3) is 0 Å². The van der Waals surface area contributed by atoms with Gasteiger partial charge in [-0.2, -0.15) is 0 Å². The summed E-state index contributed by atoms with van der Waals surface area (Å²) in [4.78, 5) is 89.0. The molecule has 9 rings (SSSR count). The van der Waals surface area contributed by atoms with Crippen molar-refractivity contribution in [3.8, 4) is 22.8 Å². The van der Waals surface area contributed by atoms with Crippen molar-refractivity contribution in [3.63, 3.8) is 0 Å². The summed E-state index contributed by atoms with van der Waals surface area (Å²) in [6.07, 6.45) is 5.78. The molecule has 0 saturated carbocycles. The van der Waals surface area contributed by atoms with E-state index in [0.29, 0.717) is 53.0 Å². The number of carbonyl (C=O) groups excluding carboxylic acids is 5. The third-order valence-corrected chi connectivity index (χ3v) is 16.8. The van der Waals surface area contributed by atoms with Gasteiger partial charge in [0.05, 0.1) is 43.5 Å². The molecular formula is C60H73Cl3N8O7. The van der Waals surface area contributed by atoms with Crippen LogP contribution in [0.2, 0.25) is 10.0 Å². The first-order valence-corrected chi connectivity index (χ1v) is 27.7. The Kier molecular flexibility index (Phi) is 19.0. The number of carbonyl (C=O) groups is 5. The predicted molar refractivity (Wildman–Crippen MR) is 305 cm³/mol. The van der Waals surface area contributed by atoms with E-state index in [0.717, 1.165) is 59.8 Å². The van der Waals surface area contributed by atoms with Crippen LogP contribution in [0.5, 0.6) is 11.5 Å². The minimum absolute atomic E-state index is 0. The first-order chi connectivity index (χ1) is 37.0. The van der Waals surface area contributed by atoms with E-state index in [-0.39, 0.29) is 74.5 Å². The molecule has 4 heterocycles. The lowest BCUT2D eigenvalue weighted by Crippen LogP contribution is -2.59. The van der Waals surface area contributed by atoms with Gasteiger partial charge in [-0.25, -0.2) is 4.98 Å². The molecule has 0 radical (unpaired) electrons. The summed E-state index contributed by atoms with van der Waals surface area (Å²) in [7, 11) is 6.89. The van der Waals surface area contributed by atoms with Gasteiger partial charge >= 0.3 is 0 Å². The molecule has 3 saturated heterocycles. The average Bonchev–Trinajstić information content (AvgIpc) is 4.21. The van der Waals surface area contributed by atoms with E-state index in [4.69, 9.17) is 37.7 Å². The summed E-state index contributed by atoms with van der Waals surface area (Å²) in [6, 6.07) is 25.3. The Balaban J connectivity index is 0.00000803. The van der Waals surface area contributed by atoms with Crippen LogP contribution < -0.4 is 10.1 Å². The summed E-state index contributed by atoms with van der Waals surface area (Å²) in [5.41, 5.74) is 5.14. The fourth-order valence-corrected chi connectivity index (χ4v) is 12.0. The second kappa shape index (κ2) is 25.4. The molecule has 1 aliphatic carbocycles. The molecule has 15 nitrogen and oxygen atoms in total. The van der Waals surface area contributed by atoms with E-state index in [1.807, 2.05) is 67.8 Å². The van der Waals surface area contributed by atoms with Crippen LogP contribution in [-0.2, 0) is 60.7 Å². The third kappa shape index (κ3) is 13.2. The largest absolute Gasteiger partial charge is 0.457 e. The van der Waals surface area contributed by atoms with Crippen molar-refractivity contribution in [2.75, 3.05) is 60.5 Å². The van der Waals surface area contributed by atoms with Crippen LogP contribution in [0.25, 0.3) is 11.3 Å². The molecule has 3 aliphatic heterocycles. The molecule has 3 fully saturated rings. The highest BCUT2D eigenvalue weighted by Gasteiger charge is 2.46. The number of halogens is 3. The van der Waals surface area contributed by atoms with Crippen molar-refractivity contribution in [1.82, 2.24) is 39.4 Å². The Labute approximate surface area is 474 Å². The van der Waals surface area contributed by atoms with Crippen molar-refractivity contribution in [1.29, 1.82) is 0 Å². The molecule has 0 unspecified atom stereocenters. The Morgan fingerprint density at radius 3 is 2.22 bits per heavy atom. The van der Waals surface area contributed by atoms with Gasteiger partial charge in [0.15, 0.2) is 0 Å². The number of nitrogens with zero attached hydrogens (tertiary/aromatic N) is 7. The minimum Gasteiger partial charge on any atom is -0.457 e. The van der Waals surface area contributed by atoms with Crippen LogP contribution in [0, 0.1) is 5.92 Å². The minimum atomic E-state index is -1.28. The van der Waals surface area contributed by atoms with Crippen molar-refractivity contribution >= 4 is 65.1 Å². The fourth-order valence-electron chi connectivity index (χ4n) is 11.8. The van der Waals surface area contributed by atoms with Gasteiger partial charge < -0.3 is 39.0 Å². The highest BCUT2D eigenvalue weighted by molar-refractivity contribution is 6.31. The van der Waals surface area contributed by atoms with Crippen molar-refractivity contribution < 1.29 is 33.4 Å². The van der Waals surface area contributed by atoms with E-state index in [1.54, 1.807) is 59.1 Å². The standard InChI is InChI=1S/C60H72Cl2N8O7.ClH/c1-60(2)33-48(46-12-7-8-13-49(46)60)47-32-56(72)70(35-41-16-21-43(62)31-53(41)77-45-22-17-40(18-23-45)52-34-63-54(67(52)5)37-68-26-9-10-27-68)51(24-25-55(71)69-28-11-29-69)57(73)64-50(38-76-6)59(75)66(4)44(36-65(3)58(47)74)30-39-14-19-42(61)20-15-39;/h7-8,12-23,31,34,44,47-48,50-51H,9-11,24-30,32-33,35-38H2,1-6H3,(H,64,73);1H/t44-,47+,48+,50+,51+;/m1./s1. The third-order valence-electron chi connectivity index (χ3n) is 16.3. The van der Waals surface area contributed by atoms with Gasteiger partial charge in [-0.05, 0) is 128 Å². The van der Waals surface area contributed by atoms with Gasteiger partial charge in [-0.1, -0.05) is 79.5 Å². The first kappa shape index (κ1) is 58.2. The van der Waals surface area contributed by atoms with Crippen molar-refractivity contribution in [2.24, 2.45) is 13.0 Å². The highest BCUT2D eigenvalue weighted by atomic mass is 35.5. The summed E-state index contributed by atoms with van der Waals surface area (Å²) >= 11 is 13.0. The number of ether oxygens (including phenoxy) is 2. The molecule has 5 amide bonds. The monoisotopic (exact) mass is 1120 g/mol. The van der Waals surface area contributed by atoms with Crippen molar-refractivity contribution in [3.05, 3.63) is 135 Å². The Bertz CT molecular complexity index is 2940. The molecule has 416 valence electrons. The number of likely N-dealkylation sites (N-methyl/N-ethyl adjacent to an activating group) is 2. The van der Waals surface area contributed by atoms with Crippen LogP contribution in [0.4, 0.5) is 0 Å². The van der Waals surface area contributed by atoms with E-state index in [9.17, 15) is 9.59 Å². The van der Waals surface area contributed by atoms with Crippen LogP contribution in [0.3, 0.4) is 0 Å². The quantitative estimate of drug-likeness (QED) is 0.108. The molecule has 0 spiro atoms. The molecular weight excluding hydrogens is 1050 g/mol. The van der Waals surface area contributed by atoms with Gasteiger partial charge in [0, 0.05) is 81.9 Å². The van der Waals surface area contributed by atoms with Crippen molar-refractivity contribution in [2.45, 2.75) is 108 Å². The lowest BCUT2D eigenvalue weighted by molar-refractivity contribution is -0.149. The summed E-state index contributed by atoms with van der Waals surface area (Å²) in [5, 5.41) is 3.95. The predicted octanol–water partition coefficient (Wildman–Crippen LogP) is 9.06. The number of benzene rings is 4. The average molecular weight is 1120 g/mol. The molecule has 1 N–H and O–H groups in total. The van der Waals surface area contributed by atoms with Gasteiger partial charge in [0.2, 0.25) is 29.5 Å². The van der Waals surface area contributed by atoms with Gasteiger partial charge in [-0.15, -0.1) is 12.4 Å². The molecule has 0 bridgehead atoms. The number of amides is 5. The number of nitrogens with one attached hydrogen (secondary N) is 1. The zero-order valence-corrected chi connectivity index (χ0v) is 47.9. The Morgan fingerprint density at radius 2 is 1.53 bits per heavy atom. The first-order valence-electron chi connectivity index (χ1n) is 27.0. The normalized spacial score (nSPS) is 22.2. The summed E-state index contributed by atoms with van der Waals surface area (Å²) in [6.45, 7) is 8.26. The van der Waals surface area contributed by atoms with Crippen LogP contribution >= 0.6 is 35.6 Å². The fraction of sp³-hybridized carbons (Fsp3) is 0.467. The number of fused-ring (bicyclic) bond motifs is 1. The number of methoxy groups -OCH3 is 1. The van der Waals surface area contributed by atoms with Gasteiger partial charge in [0.1, 0.15) is 29.4 Å². The molecule has 4 aliphatic rings. The molecule has 5 atom stereocenters. The zero-order chi connectivity index (χ0) is 54.5. The van der Waals surface area contributed by atoms with Gasteiger partial charge in [-0.3, -0.25) is 28.9 Å². The van der Waals surface area contributed by atoms with E-state index >= 15 is 14.4 Å². The summed E-state index contributed by atoms with van der Waals surface area (Å²) < 4.78 is 14.4. The van der Waals surface area contributed by atoms with E-state index in [2.05, 4.69) is 34.7 Å². The van der Waals surface area contributed by atoms with E-state index < -0.39 is 41.8 Å². The number of aromatic nitrogens is 2. The number of imidazole rings is 1. The second-order valence-electron chi connectivity index (χ2n) is 22.1. The SMILES string of the molecule is COC[C@@H]1NC(=O)[C@H](CCC(=O)N2CCC2)N(Cc2ccc(Cl)cc2Oc2ccc(-c3cnc(CN4CCCC4)n3C)cc2)C(=O)C[C@@H]([C@H]2CC(C)(C)c3ccccc32)C(=O)N(C)C[C@@H](Cc2ccc(Cl)cc2)N(C)C1=O.Cl. The molecule has 4 aromatic carbocycles. The maximum Gasteiger partial charge on any atom is 0.247 e. The van der Waals surface area contributed by atoms with Crippen LogP contribution in [0.15, 0.2) is 97.2 Å². The number of rotatable bonds is 15. The smallest absolute Gasteiger partial charge is 0.247 e. The van der Waals surface area contributed by atoms with Crippen LogP contribution in [0.1, 0.15) is 92.8 Å². The lowest BCUT2D eigenvalue weighted by atomic mass is 9.80. The number of hydrogen-bond donors (Lipinski definition) is 1. The number of hydrogen-bond acceptors (Lipinski definition) is 9. The zero-order valence-electron chi connectivity index (χ0n) is 45.6. The topological polar surface area (TPSA) is 150 Å². The number of likely N-dealkylation sites (tertiary alicyclic amines) is 2. The lowest BCUT2D eigenvalue weighted by Gasteiger charge is -2.39. The molecule has 18 heteroatoms. The highest BCUT2D eigenvalue weighted by Crippen LogP contribution is 2.50. The van der Waals surface area contributed by atoms with Crippen LogP contribution in [-0.4, -0.2) is 142 Å². The maximum absolute atomic E-state index is 15.9.